The second-order valence-electron chi connectivity index (χ2n) is 5.14. The molecule has 116 valence electrons. The number of aliphatic carboxylic acids is 1. The Bertz CT molecular complexity index is 478. The summed E-state index contributed by atoms with van der Waals surface area (Å²) < 4.78 is 10.7. The fraction of sp³-hybridized carbons (Fsp3) is 0.500. The van der Waals surface area contributed by atoms with Crippen molar-refractivity contribution in [2.45, 2.75) is 38.6 Å². The van der Waals surface area contributed by atoms with Crippen molar-refractivity contribution in [2.24, 2.45) is 5.73 Å². The van der Waals surface area contributed by atoms with E-state index in [0.29, 0.717) is 23.7 Å². The summed E-state index contributed by atoms with van der Waals surface area (Å²) in [6.07, 6.45) is 2.03. The van der Waals surface area contributed by atoms with Crippen molar-refractivity contribution < 1.29 is 24.3 Å². The molecule has 21 heavy (non-hydrogen) atoms. The zero-order valence-electron chi connectivity index (χ0n) is 12.5. The van der Waals surface area contributed by atoms with Crippen LogP contribution in [0.1, 0.15) is 32.3 Å². The molecule has 0 saturated carbocycles. The lowest BCUT2D eigenvalue weighted by Crippen LogP contribution is -2.46. The van der Waals surface area contributed by atoms with Crippen LogP contribution in [0.25, 0.3) is 0 Å². The van der Waals surface area contributed by atoms with Gasteiger partial charge < -0.3 is 25.3 Å². The molecule has 0 heterocycles. The minimum atomic E-state index is -1.37. The standard InChI is InChI=1S/C14H22BNO5/c1-3-4-7-20-12-8-11(21-15-19)6-5-10(12)9-14(2,16)13(17)18/h5-6,8,15,19H,3-4,7,9,16H2,1-2H3,(H,17,18)/t14-/m1/s1. The van der Waals surface area contributed by atoms with Gasteiger partial charge in [-0.25, -0.2) is 0 Å². The molecule has 0 fully saturated rings. The predicted octanol–water partition coefficient (Wildman–Crippen LogP) is 0.848. The van der Waals surface area contributed by atoms with Crippen molar-refractivity contribution in [2.75, 3.05) is 6.61 Å². The molecule has 0 aliphatic rings. The first-order valence-electron chi connectivity index (χ1n) is 6.92. The van der Waals surface area contributed by atoms with Crippen molar-refractivity contribution in [3.05, 3.63) is 23.8 Å². The van der Waals surface area contributed by atoms with Crippen molar-refractivity contribution in [3.63, 3.8) is 0 Å². The molecule has 0 bridgehead atoms. The van der Waals surface area contributed by atoms with Gasteiger partial charge in [0.05, 0.1) is 6.61 Å². The molecule has 0 aromatic heterocycles. The number of carboxylic acids is 1. The van der Waals surface area contributed by atoms with E-state index in [9.17, 15) is 4.79 Å². The normalized spacial score (nSPS) is 13.3. The Morgan fingerprint density at radius 3 is 2.76 bits per heavy atom. The van der Waals surface area contributed by atoms with Crippen molar-refractivity contribution in [3.8, 4) is 11.5 Å². The lowest BCUT2D eigenvalue weighted by atomic mass is 9.93. The molecular formula is C14H22BNO5. The third kappa shape index (κ3) is 5.28. The molecule has 4 N–H and O–H groups in total. The number of unbranched alkanes of at least 4 members (excludes halogenated alkanes) is 1. The summed E-state index contributed by atoms with van der Waals surface area (Å²) in [7, 11) is -0.433. The van der Waals surface area contributed by atoms with Gasteiger partial charge in [-0.1, -0.05) is 19.4 Å². The summed E-state index contributed by atoms with van der Waals surface area (Å²) in [6, 6.07) is 5.00. The number of nitrogens with two attached hydrogens (primary N) is 1. The predicted molar refractivity (Wildman–Crippen MR) is 80.8 cm³/mol. The second-order valence-corrected chi connectivity index (χ2v) is 5.14. The van der Waals surface area contributed by atoms with E-state index >= 15 is 0 Å². The first-order chi connectivity index (χ1) is 9.90. The molecule has 6 nitrogen and oxygen atoms in total. The molecule has 0 amide bonds. The van der Waals surface area contributed by atoms with Crippen molar-refractivity contribution >= 4 is 13.7 Å². The number of carbonyl (C=O) groups is 1. The molecule has 0 radical (unpaired) electrons. The van der Waals surface area contributed by atoms with E-state index in [2.05, 4.69) is 6.92 Å². The minimum Gasteiger partial charge on any atom is -0.539 e. The Kier molecular flexibility index (Phi) is 6.52. The lowest BCUT2D eigenvalue weighted by molar-refractivity contribution is -0.142. The van der Waals surface area contributed by atoms with Gasteiger partial charge in [0.2, 0.25) is 0 Å². The zero-order chi connectivity index (χ0) is 15.9. The Balaban J connectivity index is 2.97. The van der Waals surface area contributed by atoms with Gasteiger partial charge in [0.15, 0.2) is 0 Å². The maximum atomic E-state index is 11.1. The number of hydrogen-bond acceptors (Lipinski definition) is 5. The summed E-state index contributed by atoms with van der Waals surface area (Å²) in [5.74, 6) is -0.0770. The number of ether oxygens (including phenoxy) is 1. The van der Waals surface area contributed by atoms with Gasteiger partial charge in [-0.15, -0.1) is 0 Å². The summed E-state index contributed by atoms with van der Waals surface area (Å²) in [5, 5.41) is 17.9. The molecule has 0 unspecified atom stereocenters. The van der Waals surface area contributed by atoms with Crippen LogP contribution in [0.15, 0.2) is 18.2 Å². The van der Waals surface area contributed by atoms with E-state index in [-0.39, 0.29) is 6.42 Å². The average molecular weight is 295 g/mol. The van der Waals surface area contributed by atoms with E-state index in [1.165, 1.54) is 6.92 Å². The van der Waals surface area contributed by atoms with E-state index in [1.807, 2.05) is 0 Å². The molecule has 0 spiro atoms. The van der Waals surface area contributed by atoms with Crippen LogP contribution in [0.3, 0.4) is 0 Å². The van der Waals surface area contributed by atoms with Gasteiger partial charge in [-0.05, 0) is 25.0 Å². The highest BCUT2D eigenvalue weighted by Crippen LogP contribution is 2.28. The lowest BCUT2D eigenvalue weighted by Gasteiger charge is -2.21. The maximum Gasteiger partial charge on any atom is 0.504 e. The van der Waals surface area contributed by atoms with Crippen LogP contribution in [0.5, 0.6) is 11.5 Å². The first-order valence-corrected chi connectivity index (χ1v) is 6.92. The smallest absolute Gasteiger partial charge is 0.504 e. The SMILES string of the molecule is CCCCOc1cc(OBO)ccc1C[C@@](C)(N)C(=O)O. The molecule has 0 aliphatic carbocycles. The van der Waals surface area contributed by atoms with E-state index in [0.717, 1.165) is 12.8 Å². The Hall–Kier alpha value is -1.73. The van der Waals surface area contributed by atoms with Gasteiger partial charge in [-0.2, -0.15) is 0 Å². The highest BCUT2D eigenvalue weighted by Gasteiger charge is 2.29. The number of rotatable bonds is 9. The van der Waals surface area contributed by atoms with Crippen LogP contribution < -0.4 is 15.1 Å². The molecule has 1 rings (SSSR count). The van der Waals surface area contributed by atoms with E-state index in [1.54, 1.807) is 18.2 Å². The van der Waals surface area contributed by atoms with Crippen LogP contribution in [0.2, 0.25) is 0 Å². The fourth-order valence-electron chi connectivity index (χ4n) is 1.78. The van der Waals surface area contributed by atoms with Gasteiger partial charge in [0.1, 0.15) is 17.0 Å². The number of hydrogen-bond donors (Lipinski definition) is 3. The van der Waals surface area contributed by atoms with Gasteiger partial charge in [0, 0.05) is 12.5 Å². The third-order valence-corrected chi connectivity index (χ3v) is 3.07. The maximum absolute atomic E-state index is 11.1. The highest BCUT2D eigenvalue weighted by atomic mass is 16.5. The Morgan fingerprint density at radius 1 is 1.48 bits per heavy atom. The minimum absolute atomic E-state index is 0.142. The summed E-state index contributed by atoms with van der Waals surface area (Å²) in [6.45, 7) is 4.04. The van der Waals surface area contributed by atoms with Crippen molar-refractivity contribution in [1.82, 2.24) is 0 Å². The fourth-order valence-corrected chi connectivity index (χ4v) is 1.78. The van der Waals surface area contributed by atoms with E-state index < -0.39 is 19.2 Å². The largest absolute Gasteiger partial charge is 0.539 e. The van der Waals surface area contributed by atoms with Crippen LogP contribution in [0.4, 0.5) is 0 Å². The quantitative estimate of drug-likeness (QED) is 0.461. The average Bonchev–Trinajstić information content (AvgIpc) is 2.41. The first kappa shape index (κ1) is 17.3. The van der Waals surface area contributed by atoms with Gasteiger partial charge in [-0.3, -0.25) is 4.79 Å². The van der Waals surface area contributed by atoms with Crippen molar-refractivity contribution in [1.29, 1.82) is 0 Å². The molecule has 7 heteroatoms. The van der Waals surface area contributed by atoms with E-state index in [4.69, 9.17) is 25.3 Å². The second kappa shape index (κ2) is 7.90. The number of benzene rings is 1. The zero-order valence-corrected chi connectivity index (χ0v) is 12.5. The summed E-state index contributed by atoms with van der Waals surface area (Å²) >= 11 is 0. The van der Waals surface area contributed by atoms with Crippen LogP contribution in [-0.2, 0) is 11.2 Å². The number of carboxylic acid groups (broad SMARTS) is 1. The Morgan fingerprint density at radius 2 is 2.19 bits per heavy atom. The molecule has 1 atom stereocenters. The van der Waals surface area contributed by atoms with Crippen LogP contribution in [-0.4, -0.2) is 35.9 Å². The topological polar surface area (TPSA) is 102 Å². The molecule has 0 saturated heterocycles. The highest BCUT2D eigenvalue weighted by molar-refractivity contribution is 6.17. The molecule has 1 aromatic rings. The van der Waals surface area contributed by atoms with Gasteiger partial charge >= 0.3 is 13.7 Å². The molecule has 1 aromatic carbocycles. The Labute approximate surface area is 125 Å². The van der Waals surface area contributed by atoms with Crippen LogP contribution >= 0.6 is 0 Å². The summed E-state index contributed by atoms with van der Waals surface area (Å²) in [4.78, 5) is 11.1. The monoisotopic (exact) mass is 295 g/mol. The summed E-state index contributed by atoms with van der Waals surface area (Å²) in [5.41, 5.74) is 5.11. The molecular weight excluding hydrogens is 273 g/mol. The third-order valence-electron chi connectivity index (χ3n) is 3.07. The van der Waals surface area contributed by atoms with Gasteiger partial charge in [0.25, 0.3) is 0 Å². The molecule has 0 aliphatic heterocycles. The van der Waals surface area contributed by atoms with Crippen LogP contribution in [0, 0.1) is 0 Å².